The molecule has 2 N–H and O–H groups in total. The molecule has 0 aromatic rings. The molecular weight excluding hydrogens is 250 g/mol. The topological polar surface area (TPSA) is 90.0 Å². The molecular formula is C12H21N3O4. The van der Waals surface area contributed by atoms with Crippen LogP contribution < -0.4 is 5.32 Å². The second-order valence-electron chi connectivity index (χ2n) is 4.81. The first kappa shape index (κ1) is 15.4. The molecule has 0 aliphatic carbocycles. The number of carbonyl (C=O) groups excluding carboxylic acids is 2. The third-order valence-corrected chi connectivity index (χ3v) is 3.18. The molecule has 0 radical (unpaired) electrons. The molecule has 2 amide bonds. The minimum atomic E-state index is -1.11. The Morgan fingerprint density at radius 1 is 1.21 bits per heavy atom. The highest BCUT2D eigenvalue weighted by atomic mass is 16.4. The fraction of sp³-hybridized carbons (Fsp3) is 0.750. The monoisotopic (exact) mass is 271 g/mol. The molecule has 19 heavy (non-hydrogen) atoms. The molecule has 1 fully saturated rings. The predicted molar refractivity (Wildman–Crippen MR) is 68.6 cm³/mol. The molecule has 0 bridgehead atoms. The number of carboxylic acid groups (broad SMARTS) is 1. The van der Waals surface area contributed by atoms with E-state index in [9.17, 15) is 14.4 Å². The number of nitrogens with one attached hydrogen (secondary N) is 1. The summed E-state index contributed by atoms with van der Waals surface area (Å²) in [6.07, 6.45) is 0.265. The average Bonchev–Trinajstić information content (AvgIpc) is 2.34. The average molecular weight is 271 g/mol. The Bertz CT molecular complexity index is 351. The van der Waals surface area contributed by atoms with Gasteiger partial charge in [0.1, 0.15) is 6.04 Å². The summed E-state index contributed by atoms with van der Waals surface area (Å²) in [6, 6.07) is -0.992. The SMILES string of the molecule is CC(=O)N[C@@H](CCC(=O)N1CCN(C)CC1)C(=O)O. The summed E-state index contributed by atoms with van der Waals surface area (Å²) in [4.78, 5) is 37.6. The van der Waals surface area contributed by atoms with Gasteiger partial charge in [-0.1, -0.05) is 0 Å². The molecule has 1 atom stereocenters. The van der Waals surface area contributed by atoms with Crippen LogP contribution in [0.15, 0.2) is 0 Å². The zero-order chi connectivity index (χ0) is 14.4. The number of hydrogen-bond acceptors (Lipinski definition) is 4. The largest absolute Gasteiger partial charge is 0.480 e. The number of hydrogen-bond donors (Lipinski definition) is 2. The standard InChI is InChI=1S/C12H21N3O4/c1-9(16)13-10(12(18)19)3-4-11(17)15-7-5-14(2)6-8-15/h10H,3-8H2,1-2H3,(H,13,16)(H,18,19)/t10-/m0/s1. The van der Waals surface area contributed by atoms with Crippen LogP contribution in [0.2, 0.25) is 0 Å². The minimum absolute atomic E-state index is 0.0512. The molecule has 0 aromatic carbocycles. The molecule has 0 spiro atoms. The number of carbonyl (C=O) groups is 3. The molecule has 0 aromatic heterocycles. The third kappa shape index (κ3) is 5.25. The van der Waals surface area contributed by atoms with E-state index in [0.717, 1.165) is 13.1 Å². The number of likely N-dealkylation sites (N-methyl/N-ethyl adjacent to an activating group) is 1. The van der Waals surface area contributed by atoms with Crippen molar-refractivity contribution in [2.24, 2.45) is 0 Å². The maximum Gasteiger partial charge on any atom is 0.326 e. The lowest BCUT2D eigenvalue weighted by Gasteiger charge is -2.32. The molecule has 1 aliphatic heterocycles. The zero-order valence-electron chi connectivity index (χ0n) is 11.4. The van der Waals surface area contributed by atoms with Crippen molar-refractivity contribution < 1.29 is 19.5 Å². The van der Waals surface area contributed by atoms with Gasteiger partial charge in [0.05, 0.1) is 0 Å². The lowest BCUT2D eigenvalue weighted by molar-refractivity contribution is -0.142. The summed E-state index contributed by atoms with van der Waals surface area (Å²) in [6.45, 7) is 4.28. The Morgan fingerprint density at radius 3 is 2.26 bits per heavy atom. The quantitative estimate of drug-likeness (QED) is 0.678. The normalized spacial score (nSPS) is 17.9. The first-order valence-corrected chi connectivity index (χ1v) is 6.36. The minimum Gasteiger partial charge on any atom is -0.480 e. The van der Waals surface area contributed by atoms with Gasteiger partial charge in [-0.2, -0.15) is 0 Å². The van der Waals surface area contributed by atoms with Crippen molar-refractivity contribution in [3.63, 3.8) is 0 Å². The first-order chi connectivity index (χ1) is 8.90. The second kappa shape index (κ2) is 7.08. The predicted octanol–water partition coefficient (Wildman–Crippen LogP) is -0.870. The van der Waals surface area contributed by atoms with Crippen molar-refractivity contribution in [2.75, 3.05) is 33.2 Å². The van der Waals surface area contributed by atoms with E-state index in [1.54, 1.807) is 4.90 Å². The summed E-state index contributed by atoms with van der Waals surface area (Å²) in [5.41, 5.74) is 0. The summed E-state index contributed by atoms with van der Waals surface area (Å²) < 4.78 is 0. The lowest BCUT2D eigenvalue weighted by Crippen LogP contribution is -2.47. The maximum absolute atomic E-state index is 11.9. The van der Waals surface area contributed by atoms with Gasteiger partial charge in [0.25, 0.3) is 0 Å². The molecule has 0 saturated carbocycles. The molecule has 1 heterocycles. The number of piperazine rings is 1. The third-order valence-electron chi connectivity index (χ3n) is 3.18. The van der Waals surface area contributed by atoms with E-state index < -0.39 is 17.9 Å². The van der Waals surface area contributed by atoms with Gasteiger partial charge in [-0.05, 0) is 13.5 Å². The highest BCUT2D eigenvalue weighted by molar-refractivity contribution is 5.83. The van der Waals surface area contributed by atoms with E-state index >= 15 is 0 Å². The van der Waals surface area contributed by atoms with E-state index in [1.807, 2.05) is 7.05 Å². The number of nitrogens with zero attached hydrogens (tertiary/aromatic N) is 2. The smallest absolute Gasteiger partial charge is 0.326 e. The van der Waals surface area contributed by atoms with Gasteiger partial charge in [-0.25, -0.2) is 4.79 Å². The Morgan fingerprint density at radius 2 is 1.79 bits per heavy atom. The van der Waals surface area contributed by atoms with Crippen LogP contribution >= 0.6 is 0 Å². The van der Waals surface area contributed by atoms with Gasteiger partial charge in [0.15, 0.2) is 0 Å². The molecule has 108 valence electrons. The van der Waals surface area contributed by atoms with E-state index in [4.69, 9.17) is 5.11 Å². The highest BCUT2D eigenvalue weighted by Gasteiger charge is 2.23. The van der Waals surface area contributed by atoms with Gasteiger partial charge >= 0.3 is 5.97 Å². The van der Waals surface area contributed by atoms with Crippen LogP contribution in [0, 0.1) is 0 Å². The van der Waals surface area contributed by atoms with E-state index in [0.29, 0.717) is 13.1 Å². The van der Waals surface area contributed by atoms with E-state index in [2.05, 4.69) is 10.2 Å². The van der Waals surface area contributed by atoms with E-state index in [-0.39, 0.29) is 18.7 Å². The molecule has 7 heteroatoms. The van der Waals surface area contributed by atoms with Crippen LogP contribution in [-0.2, 0) is 14.4 Å². The summed E-state index contributed by atoms with van der Waals surface area (Å²) in [5.74, 6) is -1.56. The van der Waals surface area contributed by atoms with Crippen LogP contribution in [0.4, 0.5) is 0 Å². The number of aliphatic carboxylic acids is 1. The van der Waals surface area contributed by atoms with E-state index in [1.165, 1.54) is 6.92 Å². The fourth-order valence-electron chi connectivity index (χ4n) is 1.98. The van der Waals surface area contributed by atoms with Crippen LogP contribution in [-0.4, -0.2) is 72.0 Å². The van der Waals surface area contributed by atoms with Gasteiger partial charge in [0.2, 0.25) is 11.8 Å². The number of amides is 2. The Kier molecular flexibility index (Phi) is 5.75. The van der Waals surface area contributed by atoms with Gasteiger partial charge in [-0.15, -0.1) is 0 Å². The van der Waals surface area contributed by atoms with Gasteiger partial charge in [-0.3, -0.25) is 9.59 Å². The summed E-state index contributed by atoms with van der Waals surface area (Å²) in [7, 11) is 2.00. The fourth-order valence-corrected chi connectivity index (χ4v) is 1.98. The molecule has 0 unspecified atom stereocenters. The Hall–Kier alpha value is -1.63. The van der Waals surface area contributed by atoms with Crippen molar-refractivity contribution in [3.8, 4) is 0 Å². The van der Waals surface area contributed by atoms with Gasteiger partial charge in [0, 0.05) is 39.5 Å². The summed E-state index contributed by atoms with van der Waals surface area (Å²) in [5, 5.41) is 11.3. The second-order valence-corrected chi connectivity index (χ2v) is 4.81. The summed E-state index contributed by atoms with van der Waals surface area (Å²) >= 11 is 0. The Labute approximate surface area is 112 Å². The molecule has 7 nitrogen and oxygen atoms in total. The van der Waals surface area contributed by atoms with Crippen molar-refractivity contribution in [3.05, 3.63) is 0 Å². The molecule has 1 rings (SSSR count). The van der Waals surface area contributed by atoms with Gasteiger partial charge < -0.3 is 20.2 Å². The van der Waals surface area contributed by atoms with Crippen molar-refractivity contribution in [1.82, 2.24) is 15.1 Å². The maximum atomic E-state index is 11.9. The number of rotatable bonds is 5. The van der Waals surface area contributed by atoms with Crippen LogP contribution in [0.25, 0.3) is 0 Å². The lowest BCUT2D eigenvalue weighted by atomic mass is 10.1. The Balaban J connectivity index is 2.39. The highest BCUT2D eigenvalue weighted by Crippen LogP contribution is 2.06. The van der Waals surface area contributed by atoms with Crippen molar-refractivity contribution in [1.29, 1.82) is 0 Å². The first-order valence-electron chi connectivity index (χ1n) is 6.36. The van der Waals surface area contributed by atoms with Crippen LogP contribution in [0.5, 0.6) is 0 Å². The van der Waals surface area contributed by atoms with Crippen molar-refractivity contribution in [2.45, 2.75) is 25.8 Å². The molecule has 1 aliphatic rings. The van der Waals surface area contributed by atoms with Crippen molar-refractivity contribution >= 4 is 17.8 Å². The molecule has 1 saturated heterocycles. The number of carboxylic acids is 1. The zero-order valence-corrected chi connectivity index (χ0v) is 11.4. The van der Waals surface area contributed by atoms with Crippen LogP contribution in [0.3, 0.4) is 0 Å². The van der Waals surface area contributed by atoms with Crippen LogP contribution in [0.1, 0.15) is 19.8 Å².